The molecule has 0 radical (unpaired) electrons. The summed E-state index contributed by atoms with van der Waals surface area (Å²) in [5.74, 6) is 0.782. The predicted octanol–water partition coefficient (Wildman–Crippen LogP) is 4.17. The summed E-state index contributed by atoms with van der Waals surface area (Å²) in [6.07, 6.45) is 1.41. The molecule has 0 aliphatic carbocycles. The van der Waals surface area contributed by atoms with Gasteiger partial charge in [0.25, 0.3) is 0 Å². The molecule has 1 amide bonds. The average molecular weight is 489 g/mol. The van der Waals surface area contributed by atoms with Crippen molar-refractivity contribution in [3.8, 4) is 5.75 Å². The number of hydrogen-bond donors (Lipinski definition) is 1. The highest BCUT2D eigenvalue weighted by Crippen LogP contribution is 2.28. The highest BCUT2D eigenvalue weighted by atomic mass is 127. The molecule has 2 aromatic heterocycles. The first kappa shape index (κ1) is 16.1. The van der Waals surface area contributed by atoms with Crippen LogP contribution >= 0.6 is 38.5 Å². The number of hydrogen-bond acceptors (Lipinski definition) is 5. The average Bonchev–Trinajstić information content (AvgIpc) is 3.10. The molecule has 2 heterocycles. The van der Waals surface area contributed by atoms with Crippen LogP contribution in [0.15, 0.2) is 48.7 Å². The molecule has 23 heavy (non-hydrogen) atoms. The standard InChI is InChI=1S/C15H10BrIN2O4/c1-21-11-4-2-3-8-5-12(23-13(8)11)15(20)19-18-7-9-6-10(16)14(17)22-9/h2-7H,1H3,(H,19,20)/b18-7-. The number of halogens is 2. The molecule has 3 aromatic rings. The van der Waals surface area contributed by atoms with Crippen LogP contribution in [0.4, 0.5) is 0 Å². The van der Waals surface area contributed by atoms with Crippen molar-refractivity contribution in [1.82, 2.24) is 5.43 Å². The first-order valence-corrected chi connectivity index (χ1v) is 8.30. The van der Waals surface area contributed by atoms with E-state index in [1.165, 1.54) is 6.21 Å². The largest absolute Gasteiger partial charge is 0.493 e. The number of nitrogens with zero attached hydrogens (tertiary/aromatic N) is 1. The fourth-order valence-electron chi connectivity index (χ4n) is 1.95. The zero-order valence-corrected chi connectivity index (χ0v) is 15.5. The summed E-state index contributed by atoms with van der Waals surface area (Å²) in [6.45, 7) is 0. The van der Waals surface area contributed by atoms with Gasteiger partial charge in [0.1, 0.15) is 5.76 Å². The minimum absolute atomic E-state index is 0.150. The number of methoxy groups -OCH3 is 1. The Labute approximate surface area is 153 Å². The number of furan rings is 2. The topological polar surface area (TPSA) is 77.0 Å². The van der Waals surface area contributed by atoms with Gasteiger partial charge in [-0.2, -0.15) is 5.10 Å². The molecule has 0 fully saturated rings. The lowest BCUT2D eigenvalue weighted by molar-refractivity contribution is 0.0929. The molecular weight excluding hydrogens is 479 g/mol. The number of benzene rings is 1. The fourth-order valence-corrected chi connectivity index (χ4v) is 2.66. The number of nitrogens with one attached hydrogen (secondary N) is 1. The Hall–Kier alpha value is -1.81. The van der Waals surface area contributed by atoms with Crippen LogP contribution in [0.5, 0.6) is 5.75 Å². The Morgan fingerprint density at radius 3 is 2.91 bits per heavy atom. The van der Waals surface area contributed by atoms with Crippen molar-refractivity contribution in [2.45, 2.75) is 0 Å². The maximum atomic E-state index is 12.1. The zero-order chi connectivity index (χ0) is 16.4. The van der Waals surface area contributed by atoms with Crippen LogP contribution in [0.3, 0.4) is 0 Å². The lowest BCUT2D eigenvalue weighted by Crippen LogP contribution is -2.16. The third-order valence-electron chi connectivity index (χ3n) is 2.97. The van der Waals surface area contributed by atoms with Gasteiger partial charge in [0.05, 0.1) is 17.8 Å². The van der Waals surface area contributed by atoms with Gasteiger partial charge in [-0.05, 0) is 28.1 Å². The number of rotatable bonds is 4. The van der Waals surface area contributed by atoms with E-state index in [0.717, 1.165) is 9.86 Å². The van der Waals surface area contributed by atoms with Gasteiger partial charge in [0.2, 0.25) is 0 Å². The van der Waals surface area contributed by atoms with Gasteiger partial charge < -0.3 is 13.6 Å². The molecule has 0 spiro atoms. The summed E-state index contributed by atoms with van der Waals surface area (Å²) in [6, 6.07) is 8.82. The van der Waals surface area contributed by atoms with E-state index in [1.54, 1.807) is 25.3 Å². The smallest absolute Gasteiger partial charge is 0.307 e. The molecule has 0 unspecified atom stereocenters. The Balaban J connectivity index is 1.75. The molecule has 8 heteroatoms. The summed E-state index contributed by atoms with van der Waals surface area (Å²) in [7, 11) is 1.55. The van der Waals surface area contributed by atoms with Crippen molar-refractivity contribution in [3.05, 3.63) is 50.1 Å². The molecule has 6 nitrogen and oxygen atoms in total. The molecule has 118 valence electrons. The summed E-state index contributed by atoms with van der Waals surface area (Å²) >= 11 is 5.37. The number of ether oxygens (including phenoxy) is 1. The molecule has 0 saturated heterocycles. The molecule has 0 aliphatic rings. The minimum Gasteiger partial charge on any atom is -0.493 e. The Kier molecular flexibility index (Phi) is 4.71. The maximum absolute atomic E-state index is 12.1. The quantitative estimate of drug-likeness (QED) is 0.340. The molecule has 1 aromatic carbocycles. The molecule has 0 bridgehead atoms. The first-order valence-electron chi connectivity index (χ1n) is 6.43. The van der Waals surface area contributed by atoms with Gasteiger partial charge in [0.15, 0.2) is 20.9 Å². The predicted molar refractivity (Wildman–Crippen MR) is 97.0 cm³/mol. The van der Waals surface area contributed by atoms with E-state index in [-0.39, 0.29) is 5.76 Å². The van der Waals surface area contributed by atoms with Gasteiger partial charge in [-0.25, -0.2) is 5.43 Å². The number of para-hydroxylation sites is 1. The molecule has 0 saturated carbocycles. The summed E-state index contributed by atoms with van der Waals surface area (Å²) in [4.78, 5) is 12.1. The normalized spacial score (nSPS) is 11.3. The minimum atomic E-state index is -0.458. The molecule has 0 aliphatic heterocycles. The number of carbonyl (C=O) groups is 1. The van der Waals surface area contributed by atoms with Crippen LogP contribution in [0.25, 0.3) is 11.0 Å². The van der Waals surface area contributed by atoms with E-state index in [1.807, 2.05) is 34.7 Å². The van der Waals surface area contributed by atoms with Crippen LogP contribution in [0.1, 0.15) is 16.3 Å². The SMILES string of the molecule is COc1cccc2cc(C(=O)N/N=C\c3cc(Br)c(I)o3)oc12. The fraction of sp³-hybridized carbons (Fsp3) is 0.0667. The van der Waals surface area contributed by atoms with Gasteiger partial charge in [-0.3, -0.25) is 4.79 Å². The number of amides is 1. The molecule has 1 N–H and O–H groups in total. The zero-order valence-electron chi connectivity index (χ0n) is 11.8. The van der Waals surface area contributed by atoms with Gasteiger partial charge in [0, 0.05) is 34.0 Å². The second-order valence-corrected chi connectivity index (χ2v) is 6.29. The second kappa shape index (κ2) is 6.75. The molecule has 0 atom stereocenters. The van der Waals surface area contributed by atoms with Crippen molar-refractivity contribution < 1.29 is 18.4 Å². The van der Waals surface area contributed by atoms with E-state index in [4.69, 9.17) is 13.6 Å². The maximum Gasteiger partial charge on any atom is 0.307 e. The van der Waals surface area contributed by atoms with Gasteiger partial charge >= 0.3 is 5.91 Å². The summed E-state index contributed by atoms with van der Waals surface area (Å²) in [5, 5.41) is 4.63. The Bertz CT molecular complexity index is 881. The highest BCUT2D eigenvalue weighted by Gasteiger charge is 2.14. The second-order valence-electron chi connectivity index (χ2n) is 4.46. The number of fused-ring (bicyclic) bond motifs is 1. The summed E-state index contributed by atoms with van der Waals surface area (Å²) < 4.78 is 17.7. The van der Waals surface area contributed by atoms with Crippen molar-refractivity contribution >= 4 is 61.6 Å². The Morgan fingerprint density at radius 1 is 1.39 bits per heavy atom. The van der Waals surface area contributed by atoms with Gasteiger partial charge in [-0.1, -0.05) is 12.1 Å². The monoisotopic (exact) mass is 488 g/mol. The van der Waals surface area contributed by atoms with Crippen molar-refractivity contribution in [1.29, 1.82) is 0 Å². The van der Waals surface area contributed by atoms with E-state index in [2.05, 4.69) is 26.5 Å². The van der Waals surface area contributed by atoms with E-state index in [0.29, 0.717) is 20.9 Å². The lowest BCUT2D eigenvalue weighted by atomic mass is 10.2. The van der Waals surface area contributed by atoms with E-state index < -0.39 is 5.91 Å². The molecule has 3 rings (SSSR count). The van der Waals surface area contributed by atoms with Crippen molar-refractivity contribution in [3.63, 3.8) is 0 Å². The van der Waals surface area contributed by atoms with Crippen molar-refractivity contribution in [2.24, 2.45) is 5.10 Å². The number of carbonyl (C=O) groups excluding carboxylic acids is 1. The van der Waals surface area contributed by atoms with Crippen LogP contribution in [-0.4, -0.2) is 19.2 Å². The first-order chi connectivity index (χ1) is 11.1. The van der Waals surface area contributed by atoms with Crippen LogP contribution < -0.4 is 10.2 Å². The van der Waals surface area contributed by atoms with E-state index in [9.17, 15) is 4.79 Å². The van der Waals surface area contributed by atoms with Crippen LogP contribution in [0.2, 0.25) is 0 Å². The van der Waals surface area contributed by atoms with E-state index >= 15 is 0 Å². The van der Waals surface area contributed by atoms with Gasteiger partial charge in [-0.15, -0.1) is 0 Å². The third-order valence-corrected chi connectivity index (χ3v) is 5.11. The third kappa shape index (κ3) is 3.42. The Morgan fingerprint density at radius 2 is 2.22 bits per heavy atom. The highest BCUT2D eigenvalue weighted by molar-refractivity contribution is 14.1. The number of hydrazone groups is 1. The van der Waals surface area contributed by atoms with Crippen molar-refractivity contribution in [2.75, 3.05) is 7.11 Å². The van der Waals surface area contributed by atoms with Crippen LogP contribution in [0, 0.1) is 3.77 Å². The summed E-state index contributed by atoms with van der Waals surface area (Å²) in [5.41, 5.74) is 2.91. The molecular formula is C15H10BrIN2O4. The lowest BCUT2D eigenvalue weighted by Gasteiger charge is -1.98. The van der Waals surface area contributed by atoms with Crippen LogP contribution in [-0.2, 0) is 0 Å².